The summed E-state index contributed by atoms with van der Waals surface area (Å²) in [5.41, 5.74) is 1.35. The van der Waals surface area contributed by atoms with Crippen LogP contribution in [0.25, 0.3) is 0 Å². The molecule has 5 heteroatoms. The summed E-state index contributed by atoms with van der Waals surface area (Å²) in [5.74, 6) is 0.725. The molecule has 0 fully saturated rings. The topological polar surface area (TPSA) is 37.4 Å². The number of benzene rings is 1. The fraction of sp³-hybridized carbons (Fsp3) is 0.438. The predicted molar refractivity (Wildman–Crippen MR) is 89.4 cm³/mol. The van der Waals surface area contributed by atoms with Gasteiger partial charge < -0.3 is 15.0 Å². The van der Waals surface area contributed by atoms with E-state index < -0.39 is 0 Å². The number of nitrogens with zero attached hydrogens (tertiary/aromatic N) is 2. The van der Waals surface area contributed by atoms with Gasteiger partial charge in [-0.2, -0.15) is 4.98 Å². The van der Waals surface area contributed by atoms with Crippen molar-refractivity contribution in [3.8, 4) is 5.88 Å². The number of methoxy groups -OCH3 is 1. The molecule has 0 bridgehead atoms. The average Bonchev–Trinajstić information content (AvgIpc) is 2.90. The zero-order valence-corrected chi connectivity index (χ0v) is 13.9. The van der Waals surface area contributed by atoms with Crippen molar-refractivity contribution in [3.05, 3.63) is 40.8 Å². The molecule has 21 heavy (non-hydrogen) atoms. The van der Waals surface area contributed by atoms with Gasteiger partial charge in [-0.15, -0.1) is 0 Å². The fourth-order valence-corrected chi connectivity index (χ4v) is 3.00. The monoisotopic (exact) mass is 305 g/mol. The lowest BCUT2D eigenvalue weighted by atomic mass is 10.1. The number of ether oxygens (including phenoxy) is 1. The Morgan fingerprint density at radius 3 is 2.62 bits per heavy atom. The van der Waals surface area contributed by atoms with Gasteiger partial charge in [0.05, 0.1) is 12.0 Å². The van der Waals surface area contributed by atoms with Gasteiger partial charge in [-0.3, -0.25) is 0 Å². The molecular weight excluding hydrogens is 282 g/mol. The van der Waals surface area contributed by atoms with Crippen LogP contribution in [0.1, 0.15) is 17.4 Å². The average molecular weight is 305 g/mol. The Hall–Kier alpha value is -1.59. The van der Waals surface area contributed by atoms with Gasteiger partial charge in [0.15, 0.2) is 5.13 Å². The highest BCUT2D eigenvalue weighted by Gasteiger charge is 2.13. The maximum atomic E-state index is 5.36. The number of thiazole rings is 1. The molecule has 0 amide bonds. The molecule has 0 radical (unpaired) electrons. The van der Waals surface area contributed by atoms with Crippen LogP contribution in [-0.4, -0.2) is 32.2 Å². The van der Waals surface area contributed by atoms with Crippen LogP contribution in [0.5, 0.6) is 5.88 Å². The Morgan fingerprint density at radius 2 is 2.00 bits per heavy atom. The van der Waals surface area contributed by atoms with E-state index in [1.165, 1.54) is 5.56 Å². The van der Waals surface area contributed by atoms with Crippen LogP contribution in [0.3, 0.4) is 0 Å². The van der Waals surface area contributed by atoms with Crippen LogP contribution in [0.2, 0.25) is 0 Å². The molecule has 4 nitrogen and oxygen atoms in total. The molecule has 0 aliphatic carbocycles. The zero-order chi connectivity index (χ0) is 15.2. The third kappa shape index (κ3) is 4.44. The molecule has 1 atom stereocenters. The van der Waals surface area contributed by atoms with E-state index in [2.05, 4.69) is 41.5 Å². The van der Waals surface area contributed by atoms with Gasteiger partial charge in [-0.1, -0.05) is 41.7 Å². The molecule has 1 unspecified atom stereocenters. The maximum absolute atomic E-state index is 5.36. The second-order valence-corrected chi connectivity index (χ2v) is 6.36. The molecule has 2 rings (SSSR count). The maximum Gasteiger partial charge on any atom is 0.230 e. The molecule has 0 aliphatic rings. The van der Waals surface area contributed by atoms with E-state index in [0.717, 1.165) is 28.9 Å². The molecular formula is C16H23N3OS. The molecule has 1 N–H and O–H groups in total. The molecule has 1 aromatic carbocycles. The van der Waals surface area contributed by atoms with Gasteiger partial charge in [-0.05, 0) is 18.9 Å². The van der Waals surface area contributed by atoms with Crippen molar-refractivity contribution in [1.29, 1.82) is 0 Å². The molecule has 0 saturated carbocycles. The first-order chi connectivity index (χ1) is 10.1. The number of nitrogens with one attached hydrogen (secondary N) is 1. The van der Waals surface area contributed by atoms with E-state index in [-0.39, 0.29) is 0 Å². The van der Waals surface area contributed by atoms with Crippen LogP contribution in [0.15, 0.2) is 30.3 Å². The van der Waals surface area contributed by atoms with E-state index >= 15 is 0 Å². The number of rotatable bonds is 7. The molecule has 1 aromatic heterocycles. The van der Waals surface area contributed by atoms with Crippen molar-refractivity contribution < 1.29 is 4.74 Å². The first-order valence-electron chi connectivity index (χ1n) is 7.08. The van der Waals surface area contributed by atoms with E-state index in [1.54, 1.807) is 18.4 Å². The zero-order valence-electron chi connectivity index (χ0n) is 13.1. The molecule has 0 spiro atoms. The highest BCUT2D eigenvalue weighted by molar-refractivity contribution is 7.15. The normalized spacial score (nSPS) is 12.2. The Morgan fingerprint density at radius 1 is 1.29 bits per heavy atom. The molecule has 2 aromatic rings. The van der Waals surface area contributed by atoms with Crippen molar-refractivity contribution in [3.63, 3.8) is 0 Å². The fourth-order valence-electron chi connectivity index (χ4n) is 2.10. The number of anilines is 1. The van der Waals surface area contributed by atoms with Gasteiger partial charge in [0, 0.05) is 26.7 Å². The number of aromatic nitrogens is 1. The quantitative estimate of drug-likeness (QED) is 0.853. The summed E-state index contributed by atoms with van der Waals surface area (Å²) in [7, 11) is 5.66. The third-order valence-corrected chi connectivity index (χ3v) is 4.43. The predicted octanol–water partition coefficient (Wildman–Crippen LogP) is 2.94. The molecule has 1 heterocycles. The van der Waals surface area contributed by atoms with Gasteiger partial charge in [0.2, 0.25) is 5.88 Å². The highest BCUT2D eigenvalue weighted by atomic mass is 32.1. The van der Waals surface area contributed by atoms with Gasteiger partial charge in [-0.25, -0.2) is 0 Å². The van der Waals surface area contributed by atoms with Crippen molar-refractivity contribution in [2.24, 2.45) is 0 Å². The second kappa shape index (κ2) is 7.43. The lowest BCUT2D eigenvalue weighted by Crippen LogP contribution is -2.27. The minimum Gasteiger partial charge on any atom is -0.480 e. The summed E-state index contributed by atoms with van der Waals surface area (Å²) in [5, 5.41) is 4.52. The Bertz CT molecular complexity index is 554. The summed E-state index contributed by atoms with van der Waals surface area (Å²) >= 11 is 1.67. The molecule has 114 valence electrons. The van der Waals surface area contributed by atoms with Crippen LogP contribution in [-0.2, 0) is 13.0 Å². The highest BCUT2D eigenvalue weighted by Crippen LogP contribution is 2.30. The van der Waals surface area contributed by atoms with Crippen LogP contribution >= 0.6 is 11.3 Å². The minimum atomic E-state index is 0.405. The van der Waals surface area contributed by atoms with Crippen molar-refractivity contribution in [2.45, 2.75) is 25.9 Å². The van der Waals surface area contributed by atoms with E-state index in [0.29, 0.717) is 6.04 Å². The first-order valence-corrected chi connectivity index (χ1v) is 7.90. The smallest absolute Gasteiger partial charge is 0.230 e. The summed E-state index contributed by atoms with van der Waals surface area (Å²) in [4.78, 5) is 7.62. The van der Waals surface area contributed by atoms with Crippen molar-refractivity contribution in [1.82, 2.24) is 10.3 Å². The lowest BCUT2D eigenvalue weighted by Gasteiger charge is -2.13. The van der Waals surface area contributed by atoms with E-state index in [9.17, 15) is 0 Å². The van der Waals surface area contributed by atoms with Crippen LogP contribution < -0.4 is 15.0 Å². The van der Waals surface area contributed by atoms with Gasteiger partial charge in [0.1, 0.15) is 0 Å². The largest absolute Gasteiger partial charge is 0.480 e. The SMILES string of the molecule is COc1nc(N(C)C)sc1CNC(C)Cc1ccccc1. The Labute approximate surface area is 130 Å². The Kier molecular flexibility index (Phi) is 5.59. The Balaban J connectivity index is 1.93. The van der Waals surface area contributed by atoms with Gasteiger partial charge in [0.25, 0.3) is 0 Å². The van der Waals surface area contributed by atoms with E-state index in [1.807, 2.05) is 25.1 Å². The summed E-state index contributed by atoms with van der Waals surface area (Å²) < 4.78 is 5.36. The van der Waals surface area contributed by atoms with Crippen molar-refractivity contribution in [2.75, 3.05) is 26.1 Å². The molecule has 0 aliphatic heterocycles. The molecule has 0 saturated heterocycles. The number of hydrogen-bond donors (Lipinski definition) is 1. The lowest BCUT2D eigenvalue weighted by molar-refractivity contribution is 0.393. The van der Waals surface area contributed by atoms with Crippen molar-refractivity contribution >= 4 is 16.5 Å². The van der Waals surface area contributed by atoms with E-state index in [4.69, 9.17) is 4.74 Å². The van der Waals surface area contributed by atoms with Crippen LogP contribution in [0.4, 0.5) is 5.13 Å². The third-order valence-electron chi connectivity index (χ3n) is 3.22. The second-order valence-electron chi connectivity index (χ2n) is 5.29. The first kappa shape index (κ1) is 15.8. The summed E-state index contributed by atoms with van der Waals surface area (Å²) in [6.07, 6.45) is 1.02. The van der Waals surface area contributed by atoms with Gasteiger partial charge >= 0.3 is 0 Å². The minimum absolute atomic E-state index is 0.405. The summed E-state index contributed by atoms with van der Waals surface area (Å²) in [6.45, 7) is 2.98. The number of hydrogen-bond acceptors (Lipinski definition) is 5. The summed E-state index contributed by atoms with van der Waals surface area (Å²) in [6, 6.07) is 10.9. The van der Waals surface area contributed by atoms with Crippen LogP contribution in [0, 0.1) is 0 Å². The standard InChI is InChI=1S/C16H23N3OS/c1-12(10-13-8-6-5-7-9-13)17-11-14-15(20-4)18-16(21-14)19(2)3/h5-9,12,17H,10-11H2,1-4H3.